The molecule has 0 N–H and O–H groups in total. The highest BCUT2D eigenvalue weighted by atomic mass is 32.2. The molecule has 2 aromatic rings. The molecule has 0 unspecified atom stereocenters. The van der Waals surface area contributed by atoms with E-state index in [1.807, 2.05) is 18.2 Å². The van der Waals surface area contributed by atoms with Crippen molar-refractivity contribution in [1.29, 1.82) is 5.26 Å². The first kappa shape index (κ1) is 14.4. The molecule has 1 aromatic heterocycles. The number of fused-ring (bicyclic) bond motifs is 1. The summed E-state index contributed by atoms with van der Waals surface area (Å²) in [5.74, 6) is 0.716. The molecule has 0 aliphatic heterocycles. The van der Waals surface area contributed by atoms with Gasteiger partial charge in [0.1, 0.15) is 21.5 Å². The summed E-state index contributed by atoms with van der Waals surface area (Å²) in [5.41, 5.74) is 0.584. The molecule has 0 saturated heterocycles. The van der Waals surface area contributed by atoms with Crippen molar-refractivity contribution in [2.75, 3.05) is 18.1 Å². The van der Waals surface area contributed by atoms with Gasteiger partial charge in [0.25, 0.3) is 0 Å². The summed E-state index contributed by atoms with van der Waals surface area (Å²) in [4.78, 5) is 0. The van der Waals surface area contributed by atoms with Crippen molar-refractivity contribution in [2.24, 2.45) is 0 Å². The fraction of sp³-hybridized carbons (Fsp3) is 0.357. The van der Waals surface area contributed by atoms with Crippen LogP contribution < -0.4 is 4.74 Å². The van der Waals surface area contributed by atoms with Crippen LogP contribution in [0.4, 0.5) is 0 Å². The van der Waals surface area contributed by atoms with Crippen molar-refractivity contribution in [1.82, 2.24) is 0 Å². The summed E-state index contributed by atoms with van der Waals surface area (Å²) in [6.07, 6.45) is 0.389. The molecule has 5 nitrogen and oxygen atoms in total. The molecule has 0 aliphatic carbocycles. The first-order valence-electron chi connectivity index (χ1n) is 6.32. The monoisotopic (exact) mass is 293 g/mol. The Balaban J connectivity index is 2.08. The molecule has 0 saturated carbocycles. The second-order valence-electron chi connectivity index (χ2n) is 4.31. The van der Waals surface area contributed by atoms with Gasteiger partial charge >= 0.3 is 0 Å². The summed E-state index contributed by atoms with van der Waals surface area (Å²) in [5, 5.41) is 9.75. The van der Waals surface area contributed by atoms with Gasteiger partial charge in [0.15, 0.2) is 5.75 Å². The topological polar surface area (TPSA) is 80.3 Å². The summed E-state index contributed by atoms with van der Waals surface area (Å²) in [7, 11) is -2.99. The molecule has 1 heterocycles. The Labute approximate surface area is 117 Å². The Bertz CT molecular complexity index is 740. The van der Waals surface area contributed by atoms with Crippen molar-refractivity contribution < 1.29 is 17.6 Å². The van der Waals surface area contributed by atoms with Gasteiger partial charge in [0.2, 0.25) is 5.76 Å². The lowest BCUT2D eigenvalue weighted by Gasteiger charge is -2.04. The van der Waals surface area contributed by atoms with Crippen molar-refractivity contribution >= 4 is 20.8 Å². The summed E-state index contributed by atoms with van der Waals surface area (Å²) >= 11 is 0. The van der Waals surface area contributed by atoms with Gasteiger partial charge in [-0.05, 0) is 18.6 Å². The quantitative estimate of drug-likeness (QED) is 0.764. The molecule has 0 bridgehead atoms. The van der Waals surface area contributed by atoms with E-state index in [1.54, 1.807) is 19.1 Å². The zero-order valence-electron chi connectivity index (χ0n) is 11.1. The van der Waals surface area contributed by atoms with Gasteiger partial charge in [-0.1, -0.05) is 19.1 Å². The van der Waals surface area contributed by atoms with Crippen molar-refractivity contribution in [3.8, 4) is 11.8 Å². The second kappa shape index (κ2) is 5.97. The van der Waals surface area contributed by atoms with E-state index in [9.17, 15) is 8.42 Å². The molecule has 0 aliphatic rings. The minimum absolute atomic E-state index is 0.0845. The Hall–Kier alpha value is -2.00. The van der Waals surface area contributed by atoms with E-state index >= 15 is 0 Å². The number of rotatable bonds is 6. The minimum atomic E-state index is -2.99. The molecule has 0 radical (unpaired) electrons. The van der Waals surface area contributed by atoms with E-state index in [4.69, 9.17) is 14.4 Å². The normalized spacial score (nSPS) is 11.4. The third-order valence-electron chi connectivity index (χ3n) is 2.94. The number of nitriles is 1. The molecule has 20 heavy (non-hydrogen) atoms. The van der Waals surface area contributed by atoms with Gasteiger partial charge in [0, 0.05) is 5.75 Å². The van der Waals surface area contributed by atoms with E-state index in [0.29, 0.717) is 17.8 Å². The second-order valence-corrected chi connectivity index (χ2v) is 6.78. The maximum absolute atomic E-state index is 11.4. The van der Waals surface area contributed by atoms with Gasteiger partial charge in [-0.3, -0.25) is 0 Å². The highest BCUT2D eigenvalue weighted by molar-refractivity contribution is 7.91. The van der Waals surface area contributed by atoms with Crippen molar-refractivity contribution in [3.05, 3.63) is 30.0 Å². The predicted molar refractivity (Wildman–Crippen MR) is 75.4 cm³/mol. The summed E-state index contributed by atoms with van der Waals surface area (Å²) in [6.45, 7) is 1.85. The number of hydrogen-bond donors (Lipinski definition) is 0. The molecular formula is C14H15NO4S. The Morgan fingerprint density at radius 2 is 2.10 bits per heavy atom. The van der Waals surface area contributed by atoms with Gasteiger partial charge < -0.3 is 9.15 Å². The van der Waals surface area contributed by atoms with E-state index in [2.05, 4.69) is 0 Å². The molecule has 0 amide bonds. The fourth-order valence-electron chi connectivity index (χ4n) is 1.84. The maximum Gasteiger partial charge on any atom is 0.246 e. The van der Waals surface area contributed by atoms with Gasteiger partial charge in [-0.15, -0.1) is 0 Å². The Morgan fingerprint density at radius 1 is 1.35 bits per heavy atom. The van der Waals surface area contributed by atoms with Gasteiger partial charge in [-0.2, -0.15) is 5.26 Å². The summed E-state index contributed by atoms with van der Waals surface area (Å²) < 4.78 is 33.6. The number of ether oxygens (including phenoxy) is 1. The highest BCUT2D eigenvalue weighted by Crippen LogP contribution is 2.32. The van der Waals surface area contributed by atoms with Crippen LogP contribution in [0.3, 0.4) is 0 Å². The smallest absolute Gasteiger partial charge is 0.246 e. The average Bonchev–Trinajstić information content (AvgIpc) is 2.81. The van der Waals surface area contributed by atoms with Crippen LogP contribution in [0, 0.1) is 11.3 Å². The number of hydrogen-bond acceptors (Lipinski definition) is 5. The number of furan rings is 1. The SMILES string of the molecule is CCS(=O)(=O)CCCOc1c(C#N)oc2ccccc12. The number of para-hydroxylation sites is 1. The minimum Gasteiger partial charge on any atom is -0.488 e. The molecule has 0 spiro atoms. The molecule has 2 rings (SSSR count). The van der Waals surface area contributed by atoms with Crippen molar-refractivity contribution in [3.63, 3.8) is 0 Å². The third kappa shape index (κ3) is 3.11. The van der Waals surface area contributed by atoms with Crippen LogP contribution in [0.5, 0.6) is 5.75 Å². The fourth-order valence-corrected chi connectivity index (χ4v) is 2.68. The zero-order chi connectivity index (χ0) is 14.6. The largest absolute Gasteiger partial charge is 0.488 e. The van der Waals surface area contributed by atoms with Crippen LogP contribution in [0.25, 0.3) is 11.0 Å². The van der Waals surface area contributed by atoms with Gasteiger partial charge in [0.05, 0.1) is 17.7 Å². The third-order valence-corrected chi connectivity index (χ3v) is 4.73. The lowest BCUT2D eigenvalue weighted by atomic mass is 10.2. The van der Waals surface area contributed by atoms with Crippen LogP contribution >= 0.6 is 0 Å². The predicted octanol–water partition coefficient (Wildman–Crippen LogP) is 2.51. The number of nitrogens with zero attached hydrogens (tertiary/aromatic N) is 1. The van der Waals surface area contributed by atoms with Crippen LogP contribution in [0.2, 0.25) is 0 Å². The van der Waals surface area contributed by atoms with Crippen LogP contribution in [0.15, 0.2) is 28.7 Å². The Kier molecular flexibility index (Phi) is 4.30. The van der Waals surface area contributed by atoms with E-state index < -0.39 is 9.84 Å². The van der Waals surface area contributed by atoms with Crippen molar-refractivity contribution in [2.45, 2.75) is 13.3 Å². The molecule has 0 atom stereocenters. The van der Waals surface area contributed by atoms with E-state index in [0.717, 1.165) is 5.39 Å². The lowest BCUT2D eigenvalue weighted by molar-refractivity contribution is 0.315. The zero-order valence-corrected chi connectivity index (χ0v) is 11.9. The Morgan fingerprint density at radius 3 is 2.80 bits per heavy atom. The molecule has 6 heteroatoms. The number of sulfone groups is 1. The summed E-state index contributed by atoms with van der Waals surface area (Å²) in [6, 6.07) is 9.14. The lowest BCUT2D eigenvalue weighted by Crippen LogP contribution is -2.11. The first-order chi connectivity index (χ1) is 9.57. The van der Waals surface area contributed by atoms with E-state index in [1.165, 1.54) is 0 Å². The highest BCUT2D eigenvalue weighted by Gasteiger charge is 2.15. The standard InChI is InChI=1S/C14H15NO4S/c1-2-20(16,17)9-5-8-18-14-11-6-3-4-7-12(11)19-13(14)10-15/h3-4,6-7H,2,5,8-9H2,1H3. The van der Waals surface area contributed by atoms with Crippen LogP contribution in [-0.2, 0) is 9.84 Å². The van der Waals surface area contributed by atoms with Crippen LogP contribution in [0.1, 0.15) is 19.1 Å². The van der Waals surface area contributed by atoms with E-state index in [-0.39, 0.29) is 23.9 Å². The van der Waals surface area contributed by atoms with Crippen LogP contribution in [-0.4, -0.2) is 26.5 Å². The molecule has 106 valence electrons. The molecular weight excluding hydrogens is 278 g/mol. The van der Waals surface area contributed by atoms with Gasteiger partial charge in [-0.25, -0.2) is 8.42 Å². The molecule has 0 fully saturated rings. The molecule has 1 aromatic carbocycles. The number of benzene rings is 1. The maximum atomic E-state index is 11.4. The average molecular weight is 293 g/mol. The first-order valence-corrected chi connectivity index (χ1v) is 8.14.